The molecule has 0 bridgehead atoms. The SMILES string of the molecule is CC(C)(C)N(CC(=O)O)Cn1nnc2ccccc2c1=O. The summed E-state index contributed by atoms with van der Waals surface area (Å²) in [4.78, 5) is 25.0. The van der Waals surface area contributed by atoms with Crippen molar-refractivity contribution in [2.45, 2.75) is 33.0 Å². The fraction of sp³-hybridized carbons (Fsp3) is 0.429. The minimum absolute atomic E-state index is 0.0759. The number of rotatable bonds is 4. The van der Waals surface area contributed by atoms with Crippen LogP contribution in [0.4, 0.5) is 0 Å². The predicted molar refractivity (Wildman–Crippen MR) is 77.9 cm³/mol. The molecule has 7 heteroatoms. The zero-order valence-electron chi connectivity index (χ0n) is 12.3. The highest BCUT2D eigenvalue weighted by molar-refractivity contribution is 5.76. The number of carbonyl (C=O) groups is 1. The van der Waals surface area contributed by atoms with Gasteiger partial charge in [0.25, 0.3) is 5.56 Å². The van der Waals surface area contributed by atoms with E-state index in [9.17, 15) is 9.59 Å². The van der Waals surface area contributed by atoms with Gasteiger partial charge in [-0.1, -0.05) is 17.3 Å². The summed E-state index contributed by atoms with van der Waals surface area (Å²) in [5, 5.41) is 17.4. The topological polar surface area (TPSA) is 88.3 Å². The van der Waals surface area contributed by atoms with E-state index in [0.717, 1.165) is 0 Å². The van der Waals surface area contributed by atoms with E-state index in [1.165, 1.54) is 4.68 Å². The quantitative estimate of drug-likeness (QED) is 0.901. The van der Waals surface area contributed by atoms with E-state index in [4.69, 9.17) is 5.11 Å². The number of carboxylic acid groups (broad SMARTS) is 1. The standard InChI is InChI=1S/C14H18N4O3/c1-14(2,3)17(8-12(19)20)9-18-13(21)10-6-4-5-7-11(10)15-16-18/h4-7H,8-9H2,1-3H3,(H,19,20). The molecule has 21 heavy (non-hydrogen) atoms. The third-order valence-corrected chi connectivity index (χ3v) is 3.21. The van der Waals surface area contributed by atoms with Crippen LogP contribution in [0.15, 0.2) is 29.1 Å². The van der Waals surface area contributed by atoms with Crippen LogP contribution in [-0.2, 0) is 11.5 Å². The maximum absolute atomic E-state index is 12.4. The van der Waals surface area contributed by atoms with Gasteiger partial charge in [0, 0.05) is 5.54 Å². The van der Waals surface area contributed by atoms with E-state index in [1.807, 2.05) is 20.8 Å². The van der Waals surface area contributed by atoms with Crippen molar-refractivity contribution in [3.8, 4) is 0 Å². The van der Waals surface area contributed by atoms with Gasteiger partial charge in [-0.05, 0) is 32.9 Å². The third kappa shape index (κ3) is 3.43. The molecule has 7 nitrogen and oxygen atoms in total. The molecule has 0 atom stereocenters. The summed E-state index contributed by atoms with van der Waals surface area (Å²) in [6.45, 7) is 5.55. The lowest BCUT2D eigenvalue weighted by Crippen LogP contribution is -2.47. The van der Waals surface area contributed by atoms with Gasteiger partial charge in [-0.3, -0.25) is 14.5 Å². The minimum Gasteiger partial charge on any atom is -0.480 e. The lowest BCUT2D eigenvalue weighted by molar-refractivity contribution is -0.140. The average Bonchev–Trinajstić information content (AvgIpc) is 2.39. The van der Waals surface area contributed by atoms with Crippen LogP contribution in [0.1, 0.15) is 20.8 Å². The average molecular weight is 290 g/mol. The van der Waals surface area contributed by atoms with Crippen LogP contribution in [0, 0.1) is 0 Å². The van der Waals surface area contributed by atoms with Crippen LogP contribution < -0.4 is 5.56 Å². The second-order valence-electron chi connectivity index (χ2n) is 5.82. The third-order valence-electron chi connectivity index (χ3n) is 3.21. The van der Waals surface area contributed by atoms with E-state index in [-0.39, 0.29) is 18.8 Å². The molecule has 0 unspecified atom stereocenters. The van der Waals surface area contributed by atoms with Gasteiger partial charge in [0.05, 0.1) is 18.6 Å². The summed E-state index contributed by atoms with van der Waals surface area (Å²) in [5.74, 6) is -0.952. The molecule has 1 aromatic carbocycles. The maximum atomic E-state index is 12.4. The Balaban J connectivity index is 2.39. The number of hydrogen-bond acceptors (Lipinski definition) is 5. The molecule has 0 saturated carbocycles. The van der Waals surface area contributed by atoms with Crippen LogP contribution >= 0.6 is 0 Å². The largest absolute Gasteiger partial charge is 0.480 e. The molecule has 2 aromatic rings. The summed E-state index contributed by atoms with van der Waals surface area (Å²) < 4.78 is 1.19. The van der Waals surface area contributed by atoms with Gasteiger partial charge in [-0.25, -0.2) is 0 Å². The monoisotopic (exact) mass is 290 g/mol. The highest BCUT2D eigenvalue weighted by Gasteiger charge is 2.24. The molecule has 0 amide bonds. The molecule has 112 valence electrons. The Morgan fingerprint density at radius 2 is 2.00 bits per heavy atom. The number of nitrogens with zero attached hydrogens (tertiary/aromatic N) is 4. The zero-order chi connectivity index (χ0) is 15.6. The summed E-state index contributed by atoms with van der Waals surface area (Å²) in [7, 11) is 0. The van der Waals surface area contributed by atoms with Gasteiger partial charge >= 0.3 is 5.97 Å². The maximum Gasteiger partial charge on any atom is 0.317 e. The first-order valence-corrected chi connectivity index (χ1v) is 6.58. The normalized spacial score (nSPS) is 12.0. The highest BCUT2D eigenvalue weighted by Crippen LogP contribution is 2.13. The van der Waals surface area contributed by atoms with E-state index in [1.54, 1.807) is 29.2 Å². The van der Waals surface area contributed by atoms with Gasteiger partial charge < -0.3 is 5.11 Å². The molecule has 0 radical (unpaired) electrons. The van der Waals surface area contributed by atoms with Crippen molar-refractivity contribution in [3.05, 3.63) is 34.6 Å². The zero-order valence-corrected chi connectivity index (χ0v) is 12.3. The lowest BCUT2D eigenvalue weighted by Gasteiger charge is -2.33. The molecule has 0 fully saturated rings. The van der Waals surface area contributed by atoms with Crippen LogP contribution in [0.2, 0.25) is 0 Å². The summed E-state index contributed by atoms with van der Waals surface area (Å²) in [6, 6.07) is 6.94. The molecule has 1 aromatic heterocycles. The van der Waals surface area contributed by atoms with Gasteiger partial charge in [-0.2, -0.15) is 4.68 Å². The molecule has 1 N–H and O–H groups in total. The molecule has 0 aliphatic carbocycles. The van der Waals surface area contributed by atoms with Gasteiger partial charge in [0.2, 0.25) is 0 Å². The predicted octanol–water partition coefficient (Wildman–Crippen LogP) is 0.934. The highest BCUT2D eigenvalue weighted by atomic mass is 16.4. The number of benzene rings is 1. The first-order valence-electron chi connectivity index (χ1n) is 6.58. The van der Waals surface area contributed by atoms with Gasteiger partial charge in [0.1, 0.15) is 5.52 Å². The van der Waals surface area contributed by atoms with Crippen LogP contribution in [-0.4, -0.2) is 43.1 Å². The molecule has 0 spiro atoms. The lowest BCUT2D eigenvalue weighted by atomic mass is 10.1. The van der Waals surface area contributed by atoms with Gasteiger partial charge in [0.15, 0.2) is 0 Å². The Labute approximate surface area is 121 Å². The number of fused-ring (bicyclic) bond motifs is 1. The molecule has 2 rings (SSSR count). The van der Waals surface area contributed by atoms with Crippen LogP contribution in [0.25, 0.3) is 10.9 Å². The summed E-state index contributed by atoms with van der Waals surface area (Å²) in [5.41, 5.74) is -0.162. The Kier molecular flexibility index (Phi) is 4.04. The number of aromatic nitrogens is 3. The van der Waals surface area contributed by atoms with E-state index in [2.05, 4.69) is 10.3 Å². The van der Waals surface area contributed by atoms with E-state index >= 15 is 0 Å². The van der Waals surface area contributed by atoms with Crippen molar-refractivity contribution >= 4 is 16.9 Å². The van der Waals surface area contributed by atoms with Crippen molar-refractivity contribution in [1.82, 2.24) is 19.9 Å². The summed E-state index contributed by atoms with van der Waals surface area (Å²) >= 11 is 0. The second kappa shape index (κ2) is 5.61. The van der Waals surface area contributed by atoms with Crippen molar-refractivity contribution in [1.29, 1.82) is 0 Å². The molecular weight excluding hydrogens is 272 g/mol. The Bertz CT molecular complexity index is 718. The van der Waals surface area contributed by atoms with Crippen molar-refractivity contribution < 1.29 is 9.90 Å². The van der Waals surface area contributed by atoms with Crippen molar-refractivity contribution in [2.24, 2.45) is 0 Å². The second-order valence-corrected chi connectivity index (χ2v) is 5.82. The Morgan fingerprint density at radius 3 is 2.62 bits per heavy atom. The van der Waals surface area contributed by atoms with Crippen molar-refractivity contribution in [2.75, 3.05) is 6.54 Å². The summed E-state index contributed by atoms with van der Waals surface area (Å²) in [6.07, 6.45) is 0. The molecule has 0 aliphatic heterocycles. The molecule has 1 heterocycles. The van der Waals surface area contributed by atoms with Crippen LogP contribution in [0.5, 0.6) is 0 Å². The number of carboxylic acids is 1. The Hall–Kier alpha value is -2.28. The molecular formula is C14H18N4O3. The van der Waals surface area contributed by atoms with Gasteiger partial charge in [-0.15, -0.1) is 5.10 Å². The fourth-order valence-corrected chi connectivity index (χ4v) is 1.94. The fourth-order valence-electron chi connectivity index (χ4n) is 1.94. The first kappa shape index (κ1) is 15.1. The van der Waals surface area contributed by atoms with E-state index in [0.29, 0.717) is 10.9 Å². The van der Waals surface area contributed by atoms with E-state index < -0.39 is 11.5 Å². The van der Waals surface area contributed by atoms with Crippen LogP contribution in [0.3, 0.4) is 0 Å². The number of aliphatic carboxylic acids is 1. The Morgan fingerprint density at radius 1 is 1.33 bits per heavy atom. The minimum atomic E-state index is -0.952. The first-order chi connectivity index (χ1) is 9.79. The smallest absolute Gasteiger partial charge is 0.317 e. The van der Waals surface area contributed by atoms with Crippen molar-refractivity contribution in [3.63, 3.8) is 0 Å². The molecule has 0 aliphatic rings. The number of hydrogen-bond donors (Lipinski definition) is 1. The molecule has 0 saturated heterocycles.